The van der Waals surface area contributed by atoms with Gasteiger partial charge in [0.15, 0.2) is 0 Å². The van der Waals surface area contributed by atoms with Crippen molar-refractivity contribution in [1.82, 2.24) is 0 Å². The Labute approximate surface area is 236 Å². The highest BCUT2D eigenvalue weighted by molar-refractivity contribution is 6.39. The van der Waals surface area contributed by atoms with Crippen molar-refractivity contribution in [3.8, 4) is 0 Å². The number of hydrogen-bond acceptors (Lipinski definition) is 1. The molecule has 0 aliphatic heterocycles. The monoisotopic (exact) mass is 522 g/mol. The van der Waals surface area contributed by atoms with Crippen LogP contribution in [0.3, 0.4) is 0 Å². The molecule has 1 N–H and O–H groups in total. The standard InChI is InChI=1S/C22H12.C18H14O/c1-3-13-7-9-15-11-12-16-10-8-14-4-2-6-18-17(5-1)19(13)21(15)22(16)20(14)18;1-11(19)16-9-14-7-5-12-3-2-4-13-6-8-15(10-16)18(14)17(12)13/h1-12H;2-11,19H,1H3. The molecule has 0 amide bonds. The van der Waals surface area contributed by atoms with Gasteiger partial charge in [-0.1, -0.05) is 115 Å². The van der Waals surface area contributed by atoms with E-state index < -0.39 is 6.10 Å². The predicted octanol–water partition coefficient (Wildman–Crippen LogP) is 11.0. The zero-order valence-electron chi connectivity index (χ0n) is 22.6. The number of benzene rings is 10. The van der Waals surface area contributed by atoms with E-state index in [2.05, 4.69) is 127 Å². The van der Waals surface area contributed by atoms with Crippen molar-refractivity contribution in [3.63, 3.8) is 0 Å². The normalized spacial score (nSPS) is 13.0. The molecule has 1 unspecified atom stereocenters. The maximum atomic E-state index is 9.81. The lowest BCUT2D eigenvalue weighted by Gasteiger charge is -2.17. The van der Waals surface area contributed by atoms with Crippen LogP contribution in [-0.2, 0) is 0 Å². The van der Waals surface area contributed by atoms with Crippen molar-refractivity contribution in [2.45, 2.75) is 13.0 Å². The second kappa shape index (κ2) is 8.27. The van der Waals surface area contributed by atoms with Crippen LogP contribution in [0, 0.1) is 0 Å². The summed E-state index contributed by atoms with van der Waals surface area (Å²) in [7, 11) is 0. The molecule has 0 aromatic heterocycles. The van der Waals surface area contributed by atoms with Gasteiger partial charge in [-0.05, 0) is 111 Å². The molecule has 0 spiro atoms. The van der Waals surface area contributed by atoms with Gasteiger partial charge in [-0.25, -0.2) is 0 Å². The summed E-state index contributed by atoms with van der Waals surface area (Å²) < 4.78 is 0. The fraction of sp³-hybridized carbons (Fsp3) is 0.0500. The topological polar surface area (TPSA) is 20.2 Å². The third-order valence-electron chi connectivity index (χ3n) is 9.11. The molecular weight excluding hydrogens is 496 g/mol. The molecule has 0 aliphatic carbocycles. The fourth-order valence-corrected chi connectivity index (χ4v) is 7.25. The van der Waals surface area contributed by atoms with E-state index in [4.69, 9.17) is 0 Å². The minimum atomic E-state index is -0.429. The first-order valence-electron chi connectivity index (χ1n) is 14.3. The Balaban J connectivity index is 0.000000119. The second-order valence-electron chi connectivity index (χ2n) is 11.4. The molecule has 0 radical (unpaired) electrons. The Bertz CT molecular complexity index is 2380. The van der Waals surface area contributed by atoms with E-state index in [1.54, 1.807) is 0 Å². The summed E-state index contributed by atoms with van der Waals surface area (Å²) in [4.78, 5) is 0. The van der Waals surface area contributed by atoms with Gasteiger partial charge in [-0.3, -0.25) is 0 Å². The highest BCUT2D eigenvalue weighted by Gasteiger charge is 2.16. The van der Waals surface area contributed by atoms with E-state index in [1.807, 2.05) is 6.92 Å². The minimum Gasteiger partial charge on any atom is -0.389 e. The van der Waals surface area contributed by atoms with Gasteiger partial charge >= 0.3 is 0 Å². The molecule has 0 fully saturated rings. The van der Waals surface area contributed by atoms with Crippen LogP contribution in [0.1, 0.15) is 18.6 Å². The van der Waals surface area contributed by atoms with Gasteiger partial charge in [0.25, 0.3) is 0 Å². The molecular formula is C40H26O. The summed E-state index contributed by atoms with van der Waals surface area (Å²) in [5.41, 5.74) is 0.978. The number of aliphatic hydroxyl groups excluding tert-OH is 1. The molecule has 0 bridgehead atoms. The van der Waals surface area contributed by atoms with Gasteiger partial charge in [0.05, 0.1) is 6.10 Å². The van der Waals surface area contributed by atoms with Crippen molar-refractivity contribution in [1.29, 1.82) is 0 Å². The Morgan fingerprint density at radius 3 is 1.10 bits per heavy atom. The molecule has 192 valence electrons. The van der Waals surface area contributed by atoms with Crippen LogP contribution in [0.15, 0.2) is 127 Å². The molecule has 10 aromatic rings. The Morgan fingerprint density at radius 2 is 0.683 bits per heavy atom. The van der Waals surface area contributed by atoms with Crippen LogP contribution >= 0.6 is 0 Å². The van der Waals surface area contributed by atoms with Gasteiger partial charge in [0.2, 0.25) is 0 Å². The lowest BCUT2D eigenvalue weighted by molar-refractivity contribution is 0.199. The Hall–Kier alpha value is -4.98. The van der Waals surface area contributed by atoms with Crippen LogP contribution in [0.2, 0.25) is 0 Å². The van der Waals surface area contributed by atoms with Gasteiger partial charge in [0, 0.05) is 0 Å². The van der Waals surface area contributed by atoms with Gasteiger partial charge < -0.3 is 5.11 Å². The Morgan fingerprint density at radius 1 is 0.366 bits per heavy atom. The maximum Gasteiger partial charge on any atom is 0.0762 e. The smallest absolute Gasteiger partial charge is 0.0762 e. The first-order valence-corrected chi connectivity index (χ1v) is 14.3. The molecule has 0 saturated heterocycles. The van der Waals surface area contributed by atoms with Gasteiger partial charge in [0.1, 0.15) is 0 Å². The highest BCUT2D eigenvalue weighted by Crippen LogP contribution is 2.44. The quantitative estimate of drug-likeness (QED) is 0.168. The van der Waals surface area contributed by atoms with Crippen molar-refractivity contribution in [3.05, 3.63) is 133 Å². The molecule has 41 heavy (non-hydrogen) atoms. The average Bonchev–Trinajstić information content (AvgIpc) is 3.02. The summed E-state index contributed by atoms with van der Waals surface area (Å²) in [6, 6.07) is 46.1. The predicted molar refractivity (Wildman–Crippen MR) is 177 cm³/mol. The van der Waals surface area contributed by atoms with Crippen molar-refractivity contribution in [2.24, 2.45) is 0 Å². The van der Waals surface area contributed by atoms with E-state index >= 15 is 0 Å². The van der Waals surface area contributed by atoms with Gasteiger partial charge in [-0.15, -0.1) is 0 Å². The molecule has 0 saturated carbocycles. The van der Waals surface area contributed by atoms with E-state index in [9.17, 15) is 5.11 Å². The van der Waals surface area contributed by atoms with E-state index in [1.165, 1.54) is 86.2 Å². The SMILES string of the molecule is CC(O)c1cc2ccc3cccc4ccc(c1)c2c34.c1cc2ccc3ccc4ccc5cccc6c(c1)c2c3c4c56. The van der Waals surface area contributed by atoms with Crippen molar-refractivity contribution < 1.29 is 5.11 Å². The van der Waals surface area contributed by atoms with E-state index in [0.717, 1.165) is 5.56 Å². The first kappa shape index (κ1) is 22.8. The third-order valence-corrected chi connectivity index (χ3v) is 9.11. The van der Waals surface area contributed by atoms with Gasteiger partial charge in [-0.2, -0.15) is 0 Å². The zero-order chi connectivity index (χ0) is 27.2. The van der Waals surface area contributed by atoms with Crippen molar-refractivity contribution in [2.75, 3.05) is 0 Å². The number of rotatable bonds is 1. The van der Waals surface area contributed by atoms with Crippen LogP contribution in [0.4, 0.5) is 0 Å². The minimum absolute atomic E-state index is 0.429. The fourth-order valence-electron chi connectivity index (χ4n) is 7.25. The summed E-state index contributed by atoms with van der Waals surface area (Å²) in [5.74, 6) is 0. The summed E-state index contributed by atoms with van der Waals surface area (Å²) in [5, 5.41) is 31.2. The lowest BCUT2D eigenvalue weighted by Crippen LogP contribution is -1.92. The molecule has 10 aromatic carbocycles. The van der Waals surface area contributed by atoms with Crippen LogP contribution in [0.5, 0.6) is 0 Å². The Kier molecular flexibility index (Phi) is 4.60. The first-order chi connectivity index (χ1) is 20.2. The van der Waals surface area contributed by atoms with Crippen LogP contribution in [0.25, 0.3) is 86.2 Å². The number of aliphatic hydroxyl groups is 1. The molecule has 0 heterocycles. The largest absolute Gasteiger partial charge is 0.389 e. The zero-order valence-corrected chi connectivity index (χ0v) is 22.6. The summed E-state index contributed by atoms with van der Waals surface area (Å²) in [6.45, 7) is 1.81. The highest BCUT2D eigenvalue weighted by atomic mass is 16.3. The van der Waals surface area contributed by atoms with E-state index in [0.29, 0.717) is 0 Å². The van der Waals surface area contributed by atoms with Crippen molar-refractivity contribution >= 4 is 86.2 Å². The van der Waals surface area contributed by atoms with Crippen LogP contribution < -0.4 is 0 Å². The molecule has 0 aliphatic rings. The third kappa shape index (κ3) is 3.15. The second-order valence-corrected chi connectivity index (χ2v) is 11.4. The molecule has 1 heteroatoms. The van der Waals surface area contributed by atoms with Crippen LogP contribution in [-0.4, -0.2) is 5.11 Å². The number of hydrogen-bond donors (Lipinski definition) is 1. The number of fused-ring (bicyclic) bond motifs is 1. The average molecular weight is 523 g/mol. The lowest BCUT2D eigenvalue weighted by atomic mass is 9.86. The summed E-state index contributed by atoms with van der Waals surface area (Å²) in [6.07, 6.45) is -0.429. The molecule has 10 rings (SSSR count). The summed E-state index contributed by atoms with van der Waals surface area (Å²) >= 11 is 0. The molecule has 1 nitrogen and oxygen atoms in total. The van der Waals surface area contributed by atoms with E-state index in [-0.39, 0.29) is 0 Å². The maximum absolute atomic E-state index is 9.81. The molecule has 1 atom stereocenters.